The van der Waals surface area contributed by atoms with Crippen molar-refractivity contribution in [1.82, 2.24) is 4.98 Å². The van der Waals surface area contributed by atoms with Gasteiger partial charge in [0.2, 0.25) is 5.91 Å². The minimum Gasteiger partial charge on any atom is -0.320 e. The van der Waals surface area contributed by atoms with Crippen LogP contribution in [0.3, 0.4) is 0 Å². The first kappa shape index (κ1) is 17.9. The summed E-state index contributed by atoms with van der Waals surface area (Å²) in [5.74, 6) is -0.119. The fourth-order valence-corrected chi connectivity index (χ4v) is 4.09. The third-order valence-corrected chi connectivity index (χ3v) is 5.64. The van der Waals surface area contributed by atoms with Crippen molar-refractivity contribution in [3.63, 3.8) is 0 Å². The predicted octanol–water partition coefficient (Wildman–Crippen LogP) is 4.44. The lowest BCUT2D eigenvalue weighted by molar-refractivity contribution is -0.117. The lowest BCUT2D eigenvalue weighted by Gasteiger charge is -2.17. The molecule has 0 radical (unpaired) electrons. The Labute approximate surface area is 156 Å². The second-order valence-electron chi connectivity index (χ2n) is 6.04. The number of benzene rings is 1. The second-order valence-corrected chi connectivity index (χ2v) is 7.53. The topological polar surface area (TPSA) is 62.3 Å². The van der Waals surface area contributed by atoms with Crippen LogP contribution in [0.25, 0.3) is 0 Å². The van der Waals surface area contributed by atoms with E-state index in [1.54, 1.807) is 23.1 Å². The van der Waals surface area contributed by atoms with Gasteiger partial charge in [0.25, 0.3) is 5.91 Å². The van der Waals surface area contributed by atoms with Gasteiger partial charge in [0.1, 0.15) is 4.88 Å². The highest BCUT2D eigenvalue weighted by molar-refractivity contribution is 7.13. The zero-order valence-electron chi connectivity index (χ0n) is 14.3. The van der Waals surface area contributed by atoms with E-state index in [0.29, 0.717) is 28.6 Å². The summed E-state index contributed by atoms with van der Waals surface area (Å²) in [5.41, 5.74) is 2.00. The van der Waals surface area contributed by atoms with E-state index >= 15 is 0 Å². The third-order valence-electron chi connectivity index (χ3n) is 4.09. The number of aryl methyl sites for hydroxylation is 2. The molecule has 1 aromatic heterocycles. The number of carbonyl (C=O) groups excluding carboxylic acids is 2. The van der Waals surface area contributed by atoms with E-state index in [4.69, 9.17) is 11.6 Å². The van der Waals surface area contributed by atoms with Gasteiger partial charge >= 0.3 is 0 Å². The number of halogens is 1. The summed E-state index contributed by atoms with van der Waals surface area (Å²) in [6.07, 6.45) is 3.27. The largest absolute Gasteiger partial charge is 0.320 e. The standard InChI is InChI=1S/C18H20ClN3O2S/c1-3-5-15-20-11(2)17(25-15)18(24)21-14-10-12(7-8-13(14)19)22-9-4-6-16(22)23/h7-8,10H,3-6,9H2,1-2H3,(H,21,24). The molecule has 2 amide bonds. The van der Waals surface area contributed by atoms with Crippen LogP contribution in [0, 0.1) is 6.92 Å². The van der Waals surface area contributed by atoms with E-state index in [0.717, 1.165) is 35.7 Å². The van der Waals surface area contributed by atoms with Crippen molar-refractivity contribution in [2.24, 2.45) is 0 Å². The van der Waals surface area contributed by atoms with E-state index < -0.39 is 0 Å². The Hall–Kier alpha value is -1.92. The summed E-state index contributed by atoms with van der Waals surface area (Å²) in [7, 11) is 0. The minimum atomic E-state index is -0.218. The molecule has 0 unspecified atom stereocenters. The van der Waals surface area contributed by atoms with Gasteiger partial charge in [-0.15, -0.1) is 11.3 Å². The summed E-state index contributed by atoms with van der Waals surface area (Å²) < 4.78 is 0. The number of nitrogens with one attached hydrogen (secondary N) is 1. The fraction of sp³-hybridized carbons (Fsp3) is 0.389. The van der Waals surface area contributed by atoms with Crippen LogP contribution in [0.5, 0.6) is 0 Å². The Bertz CT molecular complexity index is 819. The SMILES string of the molecule is CCCc1nc(C)c(C(=O)Nc2cc(N3CCCC3=O)ccc2Cl)s1. The van der Waals surface area contributed by atoms with Gasteiger partial charge in [0.15, 0.2) is 0 Å². The van der Waals surface area contributed by atoms with E-state index in [9.17, 15) is 9.59 Å². The van der Waals surface area contributed by atoms with Crippen LogP contribution < -0.4 is 10.2 Å². The number of nitrogens with zero attached hydrogens (tertiary/aromatic N) is 2. The molecule has 2 aromatic rings. The quantitative estimate of drug-likeness (QED) is 0.837. The van der Waals surface area contributed by atoms with Crippen molar-refractivity contribution >= 4 is 46.1 Å². The molecule has 0 saturated carbocycles. The van der Waals surface area contributed by atoms with Crippen molar-refractivity contribution in [2.45, 2.75) is 39.5 Å². The molecule has 25 heavy (non-hydrogen) atoms. The average Bonchev–Trinajstić information content (AvgIpc) is 3.16. The molecule has 0 atom stereocenters. The Morgan fingerprint density at radius 2 is 2.24 bits per heavy atom. The van der Waals surface area contributed by atoms with Gasteiger partial charge in [0, 0.05) is 18.7 Å². The molecule has 3 rings (SSSR count). The highest BCUT2D eigenvalue weighted by Gasteiger charge is 2.23. The first-order valence-electron chi connectivity index (χ1n) is 8.37. The van der Waals surface area contributed by atoms with Crippen LogP contribution in [0.4, 0.5) is 11.4 Å². The predicted molar refractivity (Wildman–Crippen MR) is 102 cm³/mol. The fourth-order valence-electron chi connectivity index (χ4n) is 2.86. The van der Waals surface area contributed by atoms with Crippen LogP contribution in [0.2, 0.25) is 5.02 Å². The van der Waals surface area contributed by atoms with Crippen molar-refractivity contribution in [3.8, 4) is 0 Å². The maximum atomic E-state index is 12.6. The molecule has 0 bridgehead atoms. The van der Waals surface area contributed by atoms with Gasteiger partial charge in [-0.1, -0.05) is 18.5 Å². The van der Waals surface area contributed by atoms with Crippen LogP contribution >= 0.6 is 22.9 Å². The number of rotatable bonds is 5. The Morgan fingerprint density at radius 1 is 1.44 bits per heavy atom. The number of thiazole rings is 1. The number of aromatic nitrogens is 1. The number of anilines is 2. The van der Waals surface area contributed by atoms with E-state index in [1.165, 1.54) is 11.3 Å². The van der Waals surface area contributed by atoms with Crippen LogP contribution in [-0.2, 0) is 11.2 Å². The molecule has 0 spiro atoms. The molecule has 132 valence electrons. The summed E-state index contributed by atoms with van der Waals surface area (Å²) in [5, 5.41) is 4.27. The van der Waals surface area contributed by atoms with Gasteiger partial charge in [0.05, 0.1) is 21.4 Å². The molecule has 5 nitrogen and oxygen atoms in total. The van der Waals surface area contributed by atoms with E-state index in [-0.39, 0.29) is 11.8 Å². The average molecular weight is 378 g/mol. The molecule has 1 aromatic carbocycles. The normalized spacial score (nSPS) is 14.2. The molecule has 1 fully saturated rings. The number of hydrogen-bond donors (Lipinski definition) is 1. The Morgan fingerprint density at radius 3 is 2.92 bits per heavy atom. The number of carbonyl (C=O) groups is 2. The zero-order chi connectivity index (χ0) is 18.0. The lowest BCUT2D eigenvalue weighted by atomic mass is 10.2. The summed E-state index contributed by atoms with van der Waals surface area (Å²) in [4.78, 5) is 31.3. The van der Waals surface area contributed by atoms with E-state index in [2.05, 4.69) is 17.2 Å². The van der Waals surface area contributed by atoms with Gasteiger partial charge in [-0.2, -0.15) is 0 Å². The van der Waals surface area contributed by atoms with Gasteiger partial charge in [-0.25, -0.2) is 4.98 Å². The third kappa shape index (κ3) is 3.85. The van der Waals surface area contributed by atoms with Gasteiger partial charge < -0.3 is 10.2 Å². The lowest BCUT2D eigenvalue weighted by Crippen LogP contribution is -2.23. The Balaban J connectivity index is 1.82. The second kappa shape index (κ2) is 7.54. The van der Waals surface area contributed by atoms with Crippen molar-refractivity contribution in [2.75, 3.05) is 16.8 Å². The van der Waals surface area contributed by atoms with Gasteiger partial charge in [-0.3, -0.25) is 9.59 Å². The molecular formula is C18H20ClN3O2S. The smallest absolute Gasteiger partial charge is 0.267 e. The number of hydrogen-bond acceptors (Lipinski definition) is 4. The highest BCUT2D eigenvalue weighted by Crippen LogP contribution is 2.31. The monoisotopic (exact) mass is 377 g/mol. The summed E-state index contributed by atoms with van der Waals surface area (Å²) >= 11 is 7.65. The van der Waals surface area contributed by atoms with Crippen LogP contribution in [-0.4, -0.2) is 23.3 Å². The van der Waals surface area contributed by atoms with Crippen molar-refractivity contribution < 1.29 is 9.59 Å². The van der Waals surface area contributed by atoms with Crippen molar-refractivity contribution in [1.29, 1.82) is 0 Å². The van der Waals surface area contributed by atoms with Crippen LogP contribution in [0.15, 0.2) is 18.2 Å². The summed E-state index contributed by atoms with van der Waals surface area (Å²) in [6, 6.07) is 5.27. The molecular weight excluding hydrogens is 358 g/mol. The number of amides is 2. The van der Waals surface area contributed by atoms with Gasteiger partial charge in [-0.05, 0) is 44.4 Å². The maximum Gasteiger partial charge on any atom is 0.267 e. The molecule has 7 heteroatoms. The molecule has 1 saturated heterocycles. The molecule has 2 heterocycles. The molecule has 1 aliphatic heterocycles. The summed E-state index contributed by atoms with van der Waals surface area (Å²) in [6.45, 7) is 4.62. The zero-order valence-corrected chi connectivity index (χ0v) is 15.8. The highest BCUT2D eigenvalue weighted by atomic mass is 35.5. The minimum absolute atomic E-state index is 0.0992. The molecule has 1 aliphatic rings. The van der Waals surface area contributed by atoms with Crippen LogP contribution in [0.1, 0.15) is 46.6 Å². The molecule has 0 aliphatic carbocycles. The van der Waals surface area contributed by atoms with Crippen molar-refractivity contribution in [3.05, 3.63) is 38.8 Å². The first-order valence-corrected chi connectivity index (χ1v) is 9.56. The van der Waals surface area contributed by atoms with E-state index in [1.807, 2.05) is 6.92 Å². The first-order chi connectivity index (χ1) is 12.0. The Kier molecular flexibility index (Phi) is 5.39. The maximum absolute atomic E-state index is 12.6. The molecule has 1 N–H and O–H groups in total.